The predicted molar refractivity (Wildman–Crippen MR) is 126 cm³/mol. The van der Waals surface area contributed by atoms with Gasteiger partial charge in [0.2, 0.25) is 11.8 Å². The van der Waals surface area contributed by atoms with E-state index in [0.29, 0.717) is 11.4 Å². The minimum atomic E-state index is -0.306. The van der Waals surface area contributed by atoms with E-state index in [1.54, 1.807) is 31.4 Å². The van der Waals surface area contributed by atoms with Crippen LogP contribution in [0.15, 0.2) is 48.5 Å². The SMILES string of the molecule is COc1ccc(NC(=O)CSCC(=O)NNC(=S)Nc2ccccc2C=S)cc1. The Morgan fingerprint density at radius 3 is 2.38 bits per heavy atom. The Bertz CT molecular complexity index is 875. The summed E-state index contributed by atoms with van der Waals surface area (Å²) in [5, 5.41) is 7.47. The molecule has 0 aromatic heterocycles. The molecule has 0 heterocycles. The molecule has 0 aliphatic rings. The summed E-state index contributed by atoms with van der Waals surface area (Å²) in [7, 11) is 1.57. The van der Waals surface area contributed by atoms with Crippen LogP contribution in [0.1, 0.15) is 5.56 Å². The van der Waals surface area contributed by atoms with Crippen LogP contribution in [-0.2, 0) is 9.59 Å². The summed E-state index contributed by atoms with van der Waals surface area (Å²) in [6.07, 6.45) is 0. The second-order valence-corrected chi connectivity index (χ2v) is 7.23. The Morgan fingerprint density at radius 2 is 1.69 bits per heavy atom. The molecule has 0 saturated heterocycles. The lowest BCUT2D eigenvalue weighted by atomic mass is 10.2. The van der Waals surface area contributed by atoms with Gasteiger partial charge in [0.25, 0.3) is 0 Å². The van der Waals surface area contributed by atoms with Crippen molar-refractivity contribution in [3.63, 3.8) is 0 Å². The number of hydrogen-bond acceptors (Lipinski definition) is 6. The number of hydrogen-bond donors (Lipinski definition) is 4. The Labute approximate surface area is 183 Å². The van der Waals surface area contributed by atoms with Crippen molar-refractivity contribution >= 4 is 69.9 Å². The highest BCUT2D eigenvalue weighted by Gasteiger charge is 2.07. The molecule has 29 heavy (non-hydrogen) atoms. The van der Waals surface area contributed by atoms with E-state index in [2.05, 4.69) is 21.5 Å². The first-order valence-corrected chi connectivity index (χ1v) is 10.5. The summed E-state index contributed by atoms with van der Waals surface area (Å²) >= 11 is 11.3. The van der Waals surface area contributed by atoms with Gasteiger partial charge in [0.05, 0.1) is 18.6 Å². The summed E-state index contributed by atoms with van der Waals surface area (Å²) in [5.41, 5.74) is 7.31. The molecule has 2 amide bonds. The van der Waals surface area contributed by atoms with E-state index >= 15 is 0 Å². The van der Waals surface area contributed by atoms with Gasteiger partial charge in [-0.25, -0.2) is 0 Å². The van der Waals surface area contributed by atoms with Crippen molar-refractivity contribution in [1.29, 1.82) is 0 Å². The number of amides is 2. The number of para-hydroxylation sites is 1. The largest absolute Gasteiger partial charge is 0.497 e. The zero-order valence-corrected chi connectivity index (χ0v) is 18.0. The van der Waals surface area contributed by atoms with E-state index < -0.39 is 0 Å². The van der Waals surface area contributed by atoms with Crippen molar-refractivity contribution < 1.29 is 14.3 Å². The molecule has 4 N–H and O–H groups in total. The van der Waals surface area contributed by atoms with E-state index in [1.165, 1.54) is 17.1 Å². The minimum Gasteiger partial charge on any atom is -0.497 e. The highest BCUT2D eigenvalue weighted by Crippen LogP contribution is 2.15. The van der Waals surface area contributed by atoms with Gasteiger partial charge in [-0.1, -0.05) is 30.4 Å². The maximum Gasteiger partial charge on any atom is 0.248 e. The topological polar surface area (TPSA) is 91.5 Å². The summed E-state index contributed by atoms with van der Waals surface area (Å²) < 4.78 is 5.06. The van der Waals surface area contributed by atoms with Crippen LogP contribution in [0.3, 0.4) is 0 Å². The fourth-order valence-corrected chi connectivity index (χ4v) is 3.12. The predicted octanol–water partition coefficient (Wildman–Crippen LogP) is 2.73. The van der Waals surface area contributed by atoms with Crippen molar-refractivity contribution in [2.75, 3.05) is 29.2 Å². The first kappa shape index (κ1) is 22.6. The van der Waals surface area contributed by atoms with Gasteiger partial charge in [0.15, 0.2) is 5.11 Å². The molecule has 0 fully saturated rings. The van der Waals surface area contributed by atoms with Crippen LogP contribution in [0, 0.1) is 0 Å². The molecule has 0 spiro atoms. The van der Waals surface area contributed by atoms with E-state index in [1.807, 2.05) is 24.3 Å². The van der Waals surface area contributed by atoms with Crippen molar-refractivity contribution in [1.82, 2.24) is 10.9 Å². The molecule has 0 aliphatic heterocycles. The fraction of sp³-hybridized carbons (Fsp3) is 0.158. The second kappa shape index (κ2) is 12.0. The van der Waals surface area contributed by atoms with Crippen LogP contribution in [0.4, 0.5) is 11.4 Å². The molecule has 0 saturated carbocycles. The third kappa shape index (κ3) is 8.06. The number of anilines is 2. The second-order valence-electron chi connectivity index (χ2n) is 5.60. The number of thioether (sulfide) groups is 1. The van der Waals surface area contributed by atoms with E-state index in [4.69, 9.17) is 29.2 Å². The third-order valence-corrected chi connectivity index (χ3v) is 4.88. The highest BCUT2D eigenvalue weighted by atomic mass is 32.2. The molecule has 0 atom stereocenters. The quantitative estimate of drug-likeness (QED) is 0.362. The van der Waals surface area contributed by atoms with Crippen LogP contribution in [-0.4, -0.2) is 40.9 Å². The standard InChI is InChI=1S/C19H20N4O3S3/c1-26-15-8-6-14(7-9-15)20-17(24)11-29-12-18(25)22-23-19(28)21-16-5-3-2-4-13(16)10-27/h2-10H,11-12H2,1H3,(H,20,24)(H,22,25)(H2,21,23,28). The van der Waals surface area contributed by atoms with Gasteiger partial charge in [0.1, 0.15) is 5.75 Å². The van der Waals surface area contributed by atoms with Gasteiger partial charge in [0, 0.05) is 22.3 Å². The first-order valence-electron chi connectivity index (χ1n) is 8.43. The maximum atomic E-state index is 11.9. The lowest BCUT2D eigenvalue weighted by Crippen LogP contribution is -2.44. The molecule has 7 nitrogen and oxygen atoms in total. The lowest BCUT2D eigenvalue weighted by Gasteiger charge is -2.13. The Morgan fingerprint density at radius 1 is 1.00 bits per heavy atom. The fourth-order valence-electron chi connectivity index (χ4n) is 2.14. The van der Waals surface area contributed by atoms with Crippen molar-refractivity contribution in [2.45, 2.75) is 0 Å². The number of rotatable bonds is 8. The van der Waals surface area contributed by atoms with E-state index in [-0.39, 0.29) is 28.4 Å². The zero-order valence-electron chi connectivity index (χ0n) is 15.6. The van der Waals surface area contributed by atoms with Crippen LogP contribution >= 0.6 is 36.2 Å². The van der Waals surface area contributed by atoms with E-state index in [9.17, 15) is 9.59 Å². The van der Waals surface area contributed by atoms with Crippen LogP contribution < -0.4 is 26.2 Å². The molecule has 2 aromatic carbocycles. The van der Waals surface area contributed by atoms with Gasteiger partial charge >= 0.3 is 0 Å². The van der Waals surface area contributed by atoms with Gasteiger partial charge in [-0.05, 0) is 42.5 Å². The van der Waals surface area contributed by atoms with Crippen molar-refractivity contribution in [2.24, 2.45) is 0 Å². The summed E-state index contributed by atoms with van der Waals surface area (Å²) in [6, 6.07) is 14.4. The Balaban J connectivity index is 1.65. The van der Waals surface area contributed by atoms with E-state index in [0.717, 1.165) is 11.3 Å². The number of thiocarbonyl (C=S) groups is 2. The number of hydrazine groups is 1. The normalized spacial score (nSPS) is 9.83. The monoisotopic (exact) mass is 448 g/mol. The van der Waals surface area contributed by atoms with Gasteiger partial charge in [-0.3, -0.25) is 20.4 Å². The molecule has 0 aliphatic carbocycles. The van der Waals surface area contributed by atoms with Crippen LogP contribution in [0.5, 0.6) is 5.75 Å². The molecule has 2 rings (SSSR count). The minimum absolute atomic E-state index is 0.0994. The number of nitrogens with one attached hydrogen (secondary N) is 4. The summed E-state index contributed by atoms with van der Waals surface area (Å²) in [4.78, 5) is 23.8. The Kier molecular flexibility index (Phi) is 9.35. The van der Waals surface area contributed by atoms with Crippen molar-refractivity contribution in [3.05, 3.63) is 54.1 Å². The number of ether oxygens (including phenoxy) is 1. The smallest absolute Gasteiger partial charge is 0.248 e. The average molecular weight is 449 g/mol. The molecule has 0 radical (unpaired) electrons. The molecule has 2 aromatic rings. The zero-order chi connectivity index (χ0) is 21.1. The average Bonchev–Trinajstić information content (AvgIpc) is 2.73. The van der Waals surface area contributed by atoms with Gasteiger partial charge in [-0.2, -0.15) is 0 Å². The summed E-state index contributed by atoms with van der Waals surface area (Å²) in [5.74, 6) is 0.445. The lowest BCUT2D eigenvalue weighted by molar-refractivity contribution is -0.119. The Hall–Kier alpha value is -2.69. The molecular formula is C19H20N4O3S3. The third-order valence-electron chi connectivity index (χ3n) is 3.49. The van der Waals surface area contributed by atoms with Gasteiger partial charge < -0.3 is 15.4 Å². The van der Waals surface area contributed by atoms with Crippen LogP contribution in [0.25, 0.3) is 0 Å². The molecule has 0 bridgehead atoms. The number of carbonyl (C=O) groups is 2. The molecule has 0 unspecified atom stereocenters. The summed E-state index contributed by atoms with van der Waals surface area (Å²) in [6.45, 7) is 0. The van der Waals surface area contributed by atoms with Gasteiger partial charge in [-0.15, -0.1) is 11.8 Å². The number of methoxy groups -OCH3 is 1. The maximum absolute atomic E-state index is 11.9. The van der Waals surface area contributed by atoms with Crippen molar-refractivity contribution in [3.8, 4) is 5.75 Å². The van der Waals surface area contributed by atoms with Crippen LogP contribution in [0.2, 0.25) is 0 Å². The molecule has 152 valence electrons. The number of benzene rings is 2. The number of carbonyl (C=O) groups excluding carboxylic acids is 2. The highest BCUT2D eigenvalue weighted by molar-refractivity contribution is 8.00. The first-order chi connectivity index (χ1) is 14.0. The molecular weight excluding hydrogens is 428 g/mol. The molecule has 10 heteroatoms.